The predicted octanol–water partition coefficient (Wildman–Crippen LogP) is 2.07. The molecule has 1 aliphatic carbocycles. The van der Waals surface area contributed by atoms with Crippen LogP contribution in [0.3, 0.4) is 0 Å². The van der Waals surface area contributed by atoms with Crippen molar-refractivity contribution in [3.8, 4) is 0 Å². The lowest BCUT2D eigenvalue weighted by molar-refractivity contribution is 0.0914. The summed E-state index contributed by atoms with van der Waals surface area (Å²) < 4.78 is 0. The van der Waals surface area contributed by atoms with Crippen LogP contribution in [-0.2, 0) is 0 Å². The van der Waals surface area contributed by atoms with Gasteiger partial charge in [0.15, 0.2) is 0 Å². The third-order valence-electron chi connectivity index (χ3n) is 3.86. The van der Waals surface area contributed by atoms with Gasteiger partial charge in [0.1, 0.15) is 5.69 Å². The molecule has 0 bridgehead atoms. The van der Waals surface area contributed by atoms with Gasteiger partial charge in [-0.05, 0) is 30.9 Å². The van der Waals surface area contributed by atoms with Gasteiger partial charge >= 0.3 is 0 Å². The molecule has 104 valence electrons. The summed E-state index contributed by atoms with van der Waals surface area (Å²) >= 11 is 0. The zero-order valence-corrected chi connectivity index (χ0v) is 11.4. The van der Waals surface area contributed by atoms with Gasteiger partial charge in [-0.25, -0.2) is 4.98 Å². The van der Waals surface area contributed by atoms with E-state index >= 15 is 0 Å². The zero-order valence-electron chi connectivity index (χ0n) is 11.4. The fourth-order valence-corrected chi connectivity index (χ4v) is 2.67. The molecule has 1 amide bonds. The highest BCUT2D eigenvalue weighted by Gasteiger charge is 2.22. The topological polar surface area (TPSA) is 80.0 Å². The van der Waals surface area contributed by atoms with Crippen molar-refractivity contribution in [2.45, 2.75) is 45.1 Å². The summed E-state index contributed by atoms with van der Waals surface area (Å²) in [6.45, 7) is 2.22. The van der Waals surface area contributed by atoms with E-state index in [9.17, 15) is 4.79 Å². The first kappa shape index (κ1) is 13.8. The van der Waals surface area contributed by atoms with Crippen molar-refractivity contribution in [2.75, 3.05) is 5.43 Å². The number of nitrogens with zero attached hydrogens (tertiary/aromatic N) is 1. The fraction of sp³-hybridized carbons (Fsp3) is 0.571. The number of aromatic nitrogens is 1. The number of nitrogens with two attached hydrogens (primary N) is 1. The molecule has 0 spiro atoms. The van der Waals surface area contributed by atoms with Gasteiger partial charge in [0.2, 0.25) is 0 Å². The molecule has 1 aliphatic rings. The molecule has 2 atom stereocenters. The maximum Gasteiger partial charge on any atom is 0.270 e. The zero-order chi connectivity index (χ0) is 13.7. The molecule has 1 fully saturated rings. The van der Waals surface area contributed by atoms with Crippen molar-refractivity contribution >= 4 is 11.6 Å². The highest BCUT2D eigenvalue weighted by molar-refractivity contribution is 5.92. The van der Waals surface area contributed by atoms with Gasteiger partial charge in [0.05, 0.1) is 11.9 Å². The number of rotatable bonds is 4. The maximum absolute atomic E-state index is 12.1. The largest absolute Gasteiger partial charge is 0.348 e. The number of anilines is 1. The normalized spacial score (nSPS) is 22.8. The van der Waals surface area contributed by atoms with E-state index < -0.39 is 0 Å². The molecule has 0 radical (unpaired) electrons. The number of carbonyl (C=O) groups is 1. The van der Waals surface area contributed by atoms with Gasteiger partial charge < -0.3 is 10.7 Å². The Balaban J connectivity index is 1.92. The Morgan fingerprint density at radius 3 is 2.95 bits per heavy atom. The van der Waals surface area contributed by atoms with Gasteiger partial charge in [0, 0.05) is 6.04 Å². The predicted molar refractivity (Wildman–Crippen MR) is 75.6 cm³/mol. The summed E-state index contributed by atoms with van der Waals surface area (Å²) in [5.74, 6) is 5.92. The van der Waals surface area contributed by atoms with Crippen molar-refractivity contribution in [1.29, 1.82) is 0 Å². The Labute approximate surface area is 114 Å². The average molecular weight is 262 g/mol. The van der Waals surface area contributed by atoms with Crippen LogP contribution >= 0.6 is 0 Å². The highest BCUT2D eigenvalue weighted by Crippen LogP contribution is 2.26. The second kappa shape index (κ2) is 6.52. The molecule has 1 saturated carbocycles. The smallest absolute Gasteiger partial charge is 0.270 e. The van der Waals surface area contributed by atoms with Crippen molar-refractivity contribution in [3.05, 3.63) is 24.0 Å². The second-order valence-electron chi connectivity index (χ2n) is 5.19. The highest BCUT2D eigenvalue weighted by atomic mass is 16.1. The van der Waals surface area contributed by atoms with Crippen LogP contribution in [-0.4, -0.2) is 16.9 Å². The van der Waals surface area contributed by atoms with E-state index in [1.165, 1.54) is 19.3 Å². The first-order chi connectivity index (χ1) is 9.22. The molecule has 0 aromatic carbocycles. The standard InChI is InChI=1S/C14H22N4O/c1-2-10-4-3-5-11(8-10)17-14(19)13-7-6-12(18-15)9-16-13/h6-7,9-11,18H,2-5,8,15H2,1H3,(H,17,19). The number of pyridine rings is 1. The Morgan fingerprint density at radius 1 is 1.47 bits per heavy atom. The molecule has 0 saturated heterocycles. The van der Waals surface area contributed by atoms with Crippen LogP contribution in [0.1, 0.15) is 49.5 Å². The Bertz CT molecular complexity index is 418. The first-order valence-electron chi connectivity index (χ1n) is 6.96. The van der Waals surface area contributed by atoms with Gasteiger partial charge in [-0.3, -0.25) is 10.6 Å². The minimum absolute atomic E-state index is 0.0923. The van der Waals surface area contributed by atoms with E-state index in [2.05, 4.69) is 22.7 Å². The van der Waals surface area contributed by atoms with Gasteiger partial charge in [-0.1, -0.05) is 26.2 Å². The molecule has 2 unspecified atom stereocenters. The molecule has 5 heteroatoms. The fourth-order valence-electron chi connectivity index (χ4n) is 2.67. The van der Waals surface area contributed by atoms with Gasteiger partial charge in [-0.15, -0.1) is 0 Å². The Morgan fingerprint density at radius 2 is 2.32 bits per heavy atom. The van der Waals surface area contributed by atoms with Crippen LogP contribution in [0.25, 0.3) is 0 Å². The molecule has 1 aromatic heterocycles. The quantitative estimate of drug-likeness (QED) is 0.573. The van der Waals surface area contributed by atoms with Crippen molar-refractivity contribution in [2.24, 2.45) is 11.8 Å². The summed E-state index contributed by atoms with van der Waals surface area (Å²) in [6, 6.07) is 3.72. The van der Waals surface area contributed by atoms with E-state index in [0.29, 0.717) is 17.4 Å². The van der Waals surface area contributed by atoms with Crippen LogP contribution in [0.15, 0.2) is 18.3 Å². The van der Waals surface area contributed by atoms with E-state index in [1.54, 1.807) is 18.3 Å². The van der Waals surface area contributed by atoms with Crippen LogP contribution in [0, 0.1) is 5.92 Å². The van der Waals surface area contributed by atoms with Gasteiger partial charge in [0.25, 0.3) is 5.91 Å². The number of nitrogens with one attached hydrogen (secondary N) is 2. The molecular weight excluding hydrogens is 240 g/mol. The molecule has 5 nitrogen and oxygen atoms in total. The lowest BCUT2D eigenvalue weighted by atomic mass is 9.84. The lowest BCUT2D eigenvalue weighted by Crippen LogP contribution is -2.38. The lowest BCUT2D eigenvalue weighted by Gasteiger charge is -2.28. The van der Waals surface area contributed by atoms with Crippen molar-refractivity contribution < 1.29 is 4.79 Å². The number of hydrogen-bond acceptors (Lipinski definition) is 4. The summed E-state index contributed by atoms with van der Waals surface area (Å²) in [5.41, 5.74) is 3.63. The van der Waals surface area contributed by atoms with Crippen molar-refractivity contribution in [1.82, 2.24) is 10.3 Å². The van der Waals surface area contributed by atoms with Crippen molar-refractivity contribution in [3.63, 3.8) is 0 Å². The third kappa shape index (κ3) is 3.67. The number of amides is 1. The summed E-state index contributed by atoms with van der Waals surface area (Å²) in [6.07, 6.45) is 7.41. The minimum Gasteiger partial charge on any atom is -0.348 e. The molecular formula is C14H22N4O. The number of carbonyl (C=O) groups excluding carboxylic acids is 1. The molecule has 1 aromatic rings. The van der Waals surface area contributed by atoms with E-state index in [-0.39, 0.29) is 5.91 Å². The summed E-state index contributed by atoms with van der Waals surface area (Å²) in [4.78, 5) is 16.2. The first-order valence-corrected chi connectivity index (χ1v) is 6.96. The number of hydrazine groups is 1. The van der Waals surface area contributed by atoms with Crippen LogP contribution in [0.2, 0.25) is 0 Å². The van der Waals surface area contributed by atoms with Gasteiger partial charge in [-0.2, -0.15) is 0 Å². The summed E-state index contributed by atoms with van der Waals surface area (Å²) in [5, 5.41) is 3.08. The van der Waals surface area contributed by atoms with E-state index in [0.717, 1.165) is 18.8 Å². The number of nitrogen functional groups attached to an aromatic ring is 1. The van der Waals surface area contributed by atoms with Crippen LogP contribution in [0.4, 0.5) is 5.69 Å². The summed E-state index contributed by atoms with van der Waals surface area (Å²) in [7, 11) is 0. The molecule has 1 heterocycles. The SMILES string of the molecule is CCC1CCCC(NC(=O)c2ccc(NN)cn2)C1. The molecule has 2 rings (SSSR count). The third-order valence-corrected chi connectivity index (χ3v) is 3.86. The monoisotopic (exact) mass is 262 g/mol. The van der Waals surface area contributed by atoms with Crippen LogP contribution in [0.5, 0.6) is 0 Å². The molecule has 4 N–H and O–H groups in total. The molecule has 19 heavy (non-hydrogen) atoms. The van der Waals surface area contributed by atoms with E-state index in [1.807, 2.05) is 0 Å². The van der Waals surface area contributed by atoms with E-state index in [4.69, 9.17) is 5.84 Å². The second-order valence-corrected chi connectivity index (χ2v) is 5.19. The Hall–Kier alpha value is -1.62. The molecule has 0 aliphatic heterocycles. The van der Waals surface area contributed by atoms with Crippen LogP contribution < -0.4 is 16.6 Å². The minimum atomic E-state index is -0.0923. The number of hydrogen-bond donors (Lipinski definition) is 3. The Kier molecular flexibility index (Phi) is 4.74. The maximum atomic E-state index is 12.1. The average Bonchev–Trinajstić information content (AvgIpc) is 2.47.